The van der Waals surface area contributed by atoms with Crippen LogP contribution in [0.5, 0.6) is 0 Å². The van der Waals surface area contributed by atoms with E-state index in [2.05, 4.69) is 37.1 Å². The summed E-state index contributed by atoms with van der Waals surface area (Å²) in [4.78, 5) is 4.14. The molecule has 0 amide bonds. The number of pyridine rings is 1. The van der Waals surface area contributed by atoms with Gasteiger partial charge in [-0.3, -0.25) is 4.98 Å². The first-order chi connectivity index (χ1) is 7.27. The summed E-state index contributed by atoms with van der Waals surface area (Å²) in [6.45, 7) is 6.68. The van der Waals surface area contributed by atoms with Gasteiger partial charge in [-0.2, -0.15) is 0 Å². The molecular weight excluding hydrogens is 184 g/mol. The van der Waals surface area contributed by atoms with Crippen molar-refractivity contribution in [2.45, 2.75) is 52.1 Å². The highest BCUT2D eigenvalue weighted by Crippen LogP contribution is 2.13. The molecule has 0 aliphatic rings. The fourth-order valence-corrected chi connectivity index (χ4v) is 1.84. The molecule has 0 radical (unpaired) electrons. The maximum Gasteiger partial charge on any atom is 0.0315 e. The van der Waals surface area contributed by atoms with Crippen molar-refractivity contribution >= 4 is 0 Å². The molecule has 0 saturated heterocycles. The predicted molar refractivity (Wildman–Crippen MR) is 64.8 cm³/mol. The standard InChI is InChI=1S/C13H22N2/c1-4-7-13(5-2)15-11(3)12-8-6-9-14-10-12/h6,8-11,13,15H,4-5,7H2,1-3H3/t11-,13?/m0/s1. The van der Waals surface area contributed by atoms with Crippen LogP contribution in [0.2, 0.25) is 0 Å². The van der Waals surface area contributed by atoms with Crippen LogP contribution in [0.4, 0.5) is 0 Å². The van der Waals surface area contributed by atoms with E-state index in [0.717, 1.165) is 0 Å². The van der Waals surface area contributed by atoms with Crippen molar-refractivity contribution in [3.63, 3.8) is 0 Å². The molecule has 0 saturated carbocycles. The monoisotopic (exact) mass is 206 g/mol. The van der Waals surface area contributed by atoms with Crippen LogP contribution in [0.3, 0.4) is 0 Å². The van der Waals surface area contributed by atoms with Crippen LogP contribution in [-0.4, -0.2) is 11.0 Å². The van der Waals surface area contributed by atoms with Crippen molar-refractivity contribution in [2.24, 2.45) is 0 Å². The lowest BCUT2D eigenvalue weighted by atomic mass is 10.1. The molecule has 1 aromatic heterocycles. The van der Waals surface area contributed by atoms with Gasteiger partial charge in [0.2, 0.25) is 0 Å². The van der Waals surface area contributed by atoms with Gasteiger partial charge in [-0.25, -0.2) is 0 Å². The molecular formula is C13H22N2. The molecule has 1 N–H and O–H groups in total. The number of rotatable bonds is 6. The van der Waals surface area contributed by atoms with Gasteiger partial charge in [-0.1, -0.05) is 26.3 Å². The van der Waals surface area contributed by atoms with E-state index in [1.807, 2.05) is 18.5 Å². The third-order valence-corrected chi connectivity index (χ3v) is 2.80. The van der Waals surface area contributed by atoms with Gasteiger partial charge in [0.1, 0.15) is 0 Å². The van der Waals surface area contributed by atoms with Crippen LogP contribution < -0.4 is 5.32 Å². The van der Waals surface area contributed by atoms with Gasteiger partial charge in [0.15, 0.2) is 0 Å². The van der Waals surface area contributed by atoms with E-state index in [-0.39, 0.29) is 0 Å². The lowest BCUT2D eigenvalue weighted by Gasteiger charge is -2.21. The Morgan fingerprint density at radius 3 is 2.73 bits per heavy atom. The summed E-state index contributed by atoms with van der Waals surface area (Å²) in [7, 11) is 0. The Morgan fingerprint density at radius 1 is 1.40 bits per heavy atom. The molecule has 2 atom stereocenters. The number of hydrogen-bond acceptors (Lipinski definition) is 2. The fourth-order valence-electron chi connectivity index (χ4n) is 1.84. The van der Waals surface area contributed by atoms with Crippen LogP contribution in [0, 0.1) is 0 Å². The molecule has 1 unspecified atom stereocenters. The summed E-state index contributed by atoms with van der Waals surface area (Å²) in [5.41, 5.74) is 1.27. The molecule has 0 fully saturated rings. The average molecular weight is 206 g/mol. The average Bonchev–Trinajstić information content (AvgIpc) is 2.29. The molecule has 1 rings (SSSR count). The maximum atomic E-state index is 4.14. The molecule has 0 aliphatic carbocycles. The Morgan fingerprint density at radius 2 is 2.20 bits per heavy atom. The van der Waals surface area contributed by atoms with Crippen molar-refractivity contribution in [3.05, 3.63) is 30.1 Å². The molecule has 2 nitrogen and oxygen atoms in total. The Bertz CT molecular complexity index is 258. The number of nitrogens with one attached hydrogen (secondary N) is 1. The quantitative estimate of drug-likeness (QED) is 0.772. The van der Waals surface area contributed by atoms with Crippen LogP contribution in [-0.2, 0) is 0 Å². The van der Waals surface area contributed by atoms with E-state index in [0.29, 0.717) is 12.1 Å². The van der Waals surface area contributed by atoms with Gasteiger partial charge in [-0.15, -0.1) is 0 Å². The Kier molecular flexibility index (Phi) is 5.33. The highest BCUT2D eigenvalue weighted by Gasteiger charge is 2.10. The molecule has 0 spiro atoms. The van der Waals surface area contributed by atoms with Crippen molar-refractivity contribution < 1.29 is 0 Å². The molecule has 1 heterocycles. The summed E-state index contributed by atoms with van der Waals surface area (Å²) in [5.74, 6) is 0. The number of aromatic nitrogens is 1. The van der Waals surface area contributed by atoms with Gasteiger partial charge in [0.25, 0.3) is 0 Å². The third-order valence-electron chi connectivity index (χ3n) is 2.80. The van der Waals surface area contributed by atoms with E-state index in [4.69, 9.17) is 0 Å². The first-order valence-electron chi connectivity index (χ1n) is 5.93. The summed E-state index contributed by atoms with van der Waals surface area (Å²) in [5, 5.41) is 3.64. The summed E-state index contributed by atoms with van der Waals surface area (Å²) in [6.07, 6.45) is 7.45. The van der Waals surface area contributed by atoms with Crippen molar-refractivity contribution in [3.8, 4) is 0 Å². The second-order valence-corrected chi connectivity index (χ2v) is 4.07. The summed E-state index contributed by atoms with van der Waals surface area (Å²) < 4.78 is 0. The largest absolute Gasteiger partial charge is 0.307 e. The topological polar surface area (TPSA) is 24.9 Å². The Hall–Kier alpha value is -0.890. The van der Waals surface area contributed by atoms with Gasteiger partial charge >= 0.3 is 0 Å². The predicted octanol–water partition coefficient (Wildman–Crippen LogP) is 3.31. The van der Waals surface area contributed by atoms with Gasteiger partial charge < -0.3 is 5.32 Å². The summed E-state index contributed by atoms with van der Waals surface area (Å²) in [6, 6.07) is 5.15. The van der Waals surface area contributed by atoms with Crippen LogP contribution in [0.1, 0.15) is 51.6 Å². The first-order valence-corrected chi connectivity index (χ1v) is 5.93. The number of hydrogen-bond donors (Lipinski definition) is 1. The van der Waals surface area contributed by atoms with Crippen LogP contribution in [0.25, 0.3) is 0 Å². The second-order valence-electron chi connectivity index (χ2n) is 4.07. The third kappa shape index (κ3) is 4.00. The zero-order chi connectivity index (χ0) is 11.1. The van der Waals surface area contributed by atoms with Crippen LogP contribution >= 0.6 is 0 Å². The molecule has 2 heteroatoms. The maximum absolute atomic E-state index is 4.14. The SMILES string of the molecule is CCCC(CC)N[C@@H](C)c1cccnc1. The molecule has 84 valence electrons. The van der Waals surface area contributed by atoms with Gasteiger partial charge in [-0.05, 0) is 31.4 Å². The smallest absolute Gasteiger partial charge is 0.0315 e. The minimum atomic E-state index is 0.398. The van der Waals surface area contributed by atoms with E-state index >= 15 is 0 Å². The molecule has 15 heavy (non-hydrogen) atoms. The van der Waals surface area contributed by atoms with Gasteiger partial charge in [0, 0.05) is 24.5 Å². The Balaban J connectivity index is 2.50. The first kappa shape index (κ1) is 12.2. The molecule has 0 aromatic carbocycles. The minimum Gasteiger partial charge on any atom is -0.307 e. The lowest BCUT2D eigenvalue weighted by molar-refractivity contribution is 0.416. The minimum absolute atomic E-state index is 0.398. The Labute approximate surface area is 93.1 Å². The highest BCUT2D eigenvalue weighted by atomic mass is 14.9. The van der Waals surface area contributed by atoms with Crippen molar-refractivity contribution in [1.82, 2.24) is 10.3 Å². The van der Waals surface area contributed by atoms with Gasteiger partial charge in [0.05, 0.1) is 0 Å². The van der Waals surface area contributed by atoms with E-state index in [1.165, 1.54) is 24.8 Å². The van der Waals surface area contributed by atoms with E-state index < -0.39 is 0 Å². The second kappa shape index (κ2) is 6.57. The fraction of sp³-hybridized carbons (Fsp3) is 0.615. The van der Waals surface area contributed by atoms with Crippen molar-refractivity contribution in [1.29, 1.82) is 0 Å². The zero-order valence-electron chi connectivity index (χ0n) is 10.0. The normalized spacial score (nSPS) is 14.9. The highest BCUT2D eigenvalue weighted by molar-refractivity contribution is 5.12. The van der Waals surface area contributed by atoms with E-state index in [9.17, 15) is 0 Å². The van der Waals surface area contributed by atoms with E-state index in [1.54, 1.807) is 0 Å². The molecule has 0 bridgehead atoms. The summed E-state index contributed by atoms with van der Waals surface area (Å²) >= 11 is 0. The molecule has 1 aromatic rings. The lowest BCUT2D eigenvalue weighted by Crippen LogP contribution is -2.30. The number of nitrogens with zero attached hydrogens (tertiary/aromatic N) is 1. The zero-order valence-corrected chi connectivity index (χ0v) is 10.0. The molecule has 0 aliphatic heterocycles. The van der Waals surface area contributed by atoms with Crippen molar-refractivity contribution in [2.75, 3.05) is 0 Å². The van der Waals surface area contributed by atoms with Crippen LogP contribution in [0.15, 0.2) is 24.5 Å².